The number of nitrogens with one attached hydrogen (secondary N) is 3. The molecule has 1 aliphatic rings. The number of guanidine groups is 2. The molecule has 0 aromatic heterocycles. The van der Waals surface area contributed by atoms with Gasteiger partial charge in [0, 0.05) is 19.6 Å². The molecule has 1 heterocycles. The lowest BCUT2D eigenvalue weighted by Crippen LogP contribution is -2.61. The zero-order chi connectivity index (χ0) is 30.9. The van der Waals surface area contributed by atoms with Crippen molar-refractivity contribution in [3.05, 3.63) is 0 Å². The first-order valence-corrected chi connectivity index (χ1v) is 13.6. The van der Waals surface area contributed by atoms with Gasteiger partial charge in [0.1, 0.15) is 42.7 Å². The highest BCUT2D eigenvalue weighted by Crippen LogP contribution is 2.25. The predicted molar refractivity (Wildman–Crippen MR) is 148 cm³/mol. The van der Waals surface area contributed by atoms with Gasteiger partial charge < -0.3 is 83.1 Å². The predicted octanol–water partition coefficient (Wildman–Crippen LogP) is -6.94. The van der Waals surface area contributed by atoms with Crippen molar-refractivity contribution < 1.29 is 50.3 Å². The van der Waals surface area contributed by atoms with E-state index in [1.54, 1.807) is 0 Å². The van der Waals surface area contributed by atoms with Gasteiger partial charge in [0.15, 0.2) is 18.2 Å². The average Bonchev–Trinajstić information content (AvgIpc) is 2.94. The van der Waals surface area contributed by atoms with Crippen LogP contribution >= 0.6 is 0 Å². The van der Waals surface area contributed by atoms with Crippen LogP contribution < -0.4 is 27.8 Å². The molecule has 1 fully saturated rings. The van der Waals surface area contributed by atoms with Crippen molar-refractivity contribution in [3.8, 4) is 0 Å². The van der Waals surface area contributed by atoms with Crippen molar-refractivity contribution in [1.29, 1.82) is 5.41 Å². The molecule has 9 atom stereocenters. The van der Waals surface area contributed by atoms with Crippen molar-refractivity contribution >= 4 is 11.9 Å². The lowest BCUT2D eigenvalue weighted by atomic mass is 9.98. The van der Waals surface area contributed by atoms with Crippen LogP contribution in [-0.4, -0.2) is 172 Å². The van der Waals surface area contributed by atoms with Crippen LogP contribution in [0.25, 0.3) is 0 Å². The quantitative estimate of drug-likeness (QED) is 0.0331. The summed E-state index contributed by atoms with van der Waals surface area (Å²) in [4.78, 5) is 6.17. The van der Waals surface area contributed by atoms with E-state index in [2.05, 4.69) is 20.5 Å². The van der Waals surface area contributed by atoms with E-state index in [-0.39, 0.29) is 18.5 Å². The molecule has 0 spiro atoms. The Kier molecular flexibility index (Phi) is 18.1. The normalized spacial score (nSPS) is 25.8. The third kappa shape index (κ3) is 13.7. The Morgan fingerprint density at radius 1 is 0.927 bits per heavy atom. The Morgan fingerprint density at radius 2 is 1.56 bits per heavy atom. The fraction of sp³-hybridized carbons (Fsp3) is 0.913. The zero-order valence-corrected chi connectivity index (χ0v) is 23.2. The molecule has 1 aliphatic heterocycles. The van der Waals surface area contributed by atoms with Gasteiger partial charge >= 0.3 is 0 Å². The minimum Gasteiger partial charge on any atom is -0.394 e. The number of aliphatic hydroxyl groups excluding tert-OH is 8. The molecule has 242 valence electrons. The Morgan fingerprint density at radius 3 is 2.15 bits per heavy atom. The van der Waals surface area contributed by atoms with Crippen molar-refractivity contribution in [2.45, 2.75) is 74.4 Å². The molecule has 18 heteroatoms. The van der Waals surface area contributed by atoms with E-state index in [1.165, 1.54) is 0 Å². The molecule has 1 rings (SSSR count). The van der Waals surface area contributed by atoms with E-state index in [1.807, 2.05) is 0 Å². The Hall–Kier alpha value is -1.94. The van der Waals surface area contributed by atoms with Crippen molar-refractivity contribution in [1.82, 2.24) is 15.5 Å². The summed E-state index contributed by atoms with van der Waals surface area (Å²) < 4.78 is 10.6. The van der Waals surface area contributed by atoms with Gasteiger partial charge in [-0.15, -0.1) is 0 Å². The summed E-state index contributed by atoms with van der Waals surface area (Å²) in [7, 11) is 0. The van der Waals surface area contributed by atoms with Crippen LogP contribution in [0.15, 0.2) is 4.99 Å². The third-order valence-corrected chi connectivity index (χ3v) is 6.51. The first-order chi connectivity index (χ1) is 19.4. The summed E-state index contributed by atoms with van der Waals surface area (Å²) in [6.07, 6.45) is -12.6. The van der Waals surface area contributed by atoms with Crippen LogP contribution in [-0.2, 0) is 9.47 Å². The highest BCUT2D eigenvalue weighted by atomic mass is 16.7. The third-order valence-electron chi connectivity index (χ3n) is 6.51. The standard InChI is InChI=1S/C23H50N8O10/c24-22(25)29-5-2-8-31(9-3-6-30-23(26)27)7-1-4-28-10-13(34)16(36)20(14(35)11-32)41-21-19(39)18(38)17(37)15(12-33)40-21/h13-21,28,32-39H,1-12H2,(H4,24,25,29)(H4,26,27,30)/t13?,14?,15?,16?,17-,18+,19?,20?,21-/m0/s1. The van der Waals surface area contributed by atoms with Crippen LogP contribution in [0.1, 0.15) is 19.3 Å². The topological polar surface area (TPSA) is 322 Å². The first kappa shape index (κ1) is 37.1. The maximum Gasteiger partial charge on any atom is 0.187 e. The number of aliphatic hydroxyl groups is 8. The van der Waals surface area contributed by atoms with Crippen LogP contribution in [0.3, 0.4) is 0 Å². The van der Waals surface area contributed by atoms with Crippen LogP contribution in [0.5, 0.6) is 0 Å². The minimum absolute atomic E-state index is 0.0273. The summed E-state index contributed by atoms with van der Waals surface area (Å²) >= 11 is 0. The molecular weight excluding hydrogens is 548 g/mol. The van der Waals surface area contributed by atoms with Gasteiger partial charge in [-0.3, -0.25) is 10.4 Å². The van der Waals surface area contributed by atoms with Crippen LogP contribution in [0.4, 0.5) is 0 Å². The lowest BCUT2D eigenvalue weighted by molar-refractivity contribution is -0.327. The van der Waals surface area contributed by atoms with Crippen LogP contribution in [0, 0.1) is 5.41 Å². The van der Waals surface area contributed by atoms with Gasteiger partial charge in [-0.2, -0.15) is 0 Å². The van der Waals surface area contributed by atoms with Crippen molar-refractivity contribution in [3.63, 3.8) is 0 Å². The van der Waals surface area contributed by atoms with E-state index >= 15 is 0 Å². The van der Waals surface area contributed by atoms with E-state index in [0.717, 1.165) is 25.9 Å². The molecule has 0 amide bonds. The molecule has 41 heavy (non-hydrogen) atoms. The van der Waals surface area contributed by atoms with E-state index in [0.29, 0.717) is 32.6 Å². The molecule has 0 aliphatic carbocycles. The van der Waals surface area contributed by atoms with Gasteiger partial charge in [-0.1, -0.05) is 0 Å². The number of nitrogens with zero attached hydrogens (tertiary/aromatic N) is 2. The minimum atomic E-state index is -1.80. The second-order valence-electron chi connectivity index (χ2n) is 9.86. The largest absolute Gasteiger partial charge is 0.394 e. The monoisotopic (exact) mass is 598 g/mol. The first-order valence-electron chi connectivity index (χ1n) is 13.6. The molecule has 1 saturated heterocycles. The molecular formula is C23H50N8O10. The van der Waals surface area contributed by atoms with Gasteiger partial charge in [-0.25, -0.2) is 0 Å². The Bertz CT molecular complexity index is 751. The molecule has 0 saturated carbocycles. The van der Waals surface area contributed by atoms with Crippen molar-refractivity contribution in [2.24, 2.45) is 22.2 Å². The number of hydrogen-bond donors (Lipinski definition) is 14. The number of hydrogen-bond acceptors (Lipinski definition) is 14. The highest BCUT2D eigenvalue weighted by Gasteiger charge is 2.46. The molecule has 18 nitrogen and oxygen atoms in total. The zero-order valence-electron chi connectivity index (χ0n) is 23.2. The highest BCUT2D eigenvalue weighted by molar-refractivity contribution is 5.75. The molecule has 0 aromatic rings. The second-order valence-corrected chi connectivity index (χ2v) is 9.86. The van der Waals surface area contributed by atoms with E-state index < -0.39 is 68.3 Å². The molecule has 0 aromatic carbocycles. The van der Waals surface area contributed by atoms with E-state index in [9.17, 15) is 40.9 Å². The average molecular weight is 599 g/mol. The Balaban J connectivity index is 2.59. The lowest BCUT2D eigenvalue weighted by Gasteiger charge is -2.42. The fourth-order valence-corrected chi connectivity index (χ4v) is 4.22. The summed E-state index contributed by atoms with van der Waals surface area (Å²) in [6.45, 7) is 1.97. The molecule has 17 N–H and O–H groups in total. The van der Waals surface area contributed by atoms with E-state index in [4.69, 9.17) is 32.1 Å². The summed E-state index contributed by atoms with van der Waals surface area (Å²) in [5.41, 5.74) is 16.0. The van der Waals surface area contributed by atoms with Gasteiger partial charge in [0.05, 0.1) is 19.3 Å². The van der Waals surface area contributed by atoms with Gasteiger partial charge in [0.25, 0.3) is 0 Å². The SMILES string of the molecule is N=C(N)NCCCN(CCCN=C(N)N)CCCNCC(O)C(O)C(O[C@@H]1OC(CO)[C@H](O)[C@@H](O)C1O)C(O)CO. The summed E-state index contributed by atoms with van der Waals surface area (Å²) in [5.74, 6) is -0.0684. The second kappa shape index (κ2) is 20.1. The number of aliphatic imine (C=N–C) groups is 1. The molecule has 0 radical (unpaired) electrons. The molecule has 6 unspecified atom stereocenters. The summed E-state index contributed by atoms with van der Waals surface area (Å²) in [6, 6.07) is 0. The summed E-state index contributed by atoms with van der Waals surface area (Å²) in [5, 5.41) is 93.2. The number of nitrogens with two attached hydrogens (primary N) is 3. The van der Waals surface area contributed by atoms with Gasteiger partial charge in [-0.05, 0) is 45.4 Å². The number of rotatable bonds is 21. The smallest absolute Gasteiger partial charge is 0.187 e. The maximum atomic E-state index is 10.6. The Labute approximate surface area is 239 Å². The van der Waals surface area contributed by atoms with Gasteiger partial charge in [0.2, 0.25) is 0 Å². The molecule has 0 bridgehead atoms. The number of ether oxygens (including phenoxy) is 2. The van der Waals surface area contributed by atoms with Crippen LogP contribution in [0.2, 0.25) is 0 Å². The maximum absolute atomic E-state index is 10.6. The van der Waals surface area contributed by atoms with Crippen molar-refractivity contribution in [2.75, 3.05) is 59.0 Å². The fourth-order valence-electron chi connectivity index (χ4n) is 4.22.